The Morgan fingerprint density at radius 3 is 1.86 bits per heavy atom. The van der Waals surface area contributed by atoms with Gasteiger partial charge in [0.15, 0.2) is 0 Å². The molecule has 3 rings (SSSR count). The number of hydrogen-bond donors (Lipinski definition) is 3. The third kappa shape index (κ3) is 12.6. The fraction of sp³-hybridized carbons (Fsp3) is 0.645. The van der Waals surface area contributed by atoms with Crippen LogP contribution in [0.3, 0.4) is 0 Å². The van der Waals surface area contributed by atoms with Gasteiger partial charge in [-0.25, -0.2) is 0 Å². The van der Waals surface area contributed by atoms with Crippen molar-refractivity contribution in [3.05, 3.63) is 35.9 Å². The summed E-state index contributed by atoms with van der Waals surface area (Å²) in [5.74, 6) is -2.81. The van der Waals surface area contributed by atoms with Gasteiger partial charge >= 0.3 is 17.9 Å². The molecule has 232 valence electrons. The van der Waals surface area contributed by atoms with Gasteiger partial charge in [-0.15, -0.1) is 0 Å². The van der Waals surface area contributed by atoms with E-state index >= 15 is 0 Å². The lowest BCUT2D eigenvalue weighted by atomic mass is 9.98. The predicted octanol–water partition coefficient (Wildman–Crippen LogP) is 2.97. The molecule has 0 aliphatic heterocycles. The third-order valence-corrected chi connectivity index (χ3v) is 7.62. The van der Waals surface area contributed by atoms with Gasteiger partial charge in [-0.05, 0) is 69.8 Å². The molecule has 42 heavy (non-hydrogen) atoms. The Bertz CT molecular complexity index is 1020. The van der Waals surface area contributed by atoms with E-state index in [0.29, 0.717) is 0 Å². The topological polar surface area (TPSA) is 163 Å². The Morgan fingerprint density at radius 1 is 0.738 bits per heavy atom. The highest BCUT2D eigenvalue weighted by atomic mass is 16.5. The van der Waals surface area contributed by atoms with Crippen molar-refractivity contribution in [1.29, 1.82) is 0 Å². The number of nitrogens with two attached hydrogens (primary N) is 1. The van der Waals surface area contributed by atoms with Gasteiger partial charge in [-0.1, -0.05) is 43.2 Å². The molecule has 0 heterocycles. The van der Waals surface area contributed by atoms with Gasteiger partial charge in [0.25, 0.3) is 0 Å². The molecule has 2 fully saturated rings. The van der Waals surface area contributed by atoms with Crippen molar-refractivity contribution in [1.82, 2.24) is 10.6 Å². The molecule has 2 atom stereocenters. The van der Waals surface area contributed by atoms with E-state index in [0.717, 1.165) is 69.8 Å². The number of ether oxygens (including phenoxy) is 3. The van der Waals surface area contributed by atoms with Gasteiger partial charge in [0.1, 0.15) is 31.4 Å². The highest BCUT2D eigenvalue weighted by Gasteiger charge is 2.27. The van der Waals surface area contributed by atoms with Crippen LogP contribution in [0.2, 0.25) is 0 Å². The van der Waals surface area contributed by atoms with Gasteiger partial charge in [0.05, 0.1) is 6.04 Å². The first-order valence-electron chi connectivity index (χ1n) is 15.2. The second-order valence-electron chi connectivity index (χ2n) is 11.1. The van der Waals surface area contributed by atoms with Gasteiger partial charge in [-0.3, -0.25) is 24.0 Å². The van der Waals surface area contributed by atoms with E-state index in [1.54, 1.807) is 0 Å². The minimum atomic E-state index is -1.14. The Kier molecular flexibility index (Phi) is 14.3. The Hall–Kier alpha value is -3.47. The first-order valence-corrected chi connectivity index (χ1v) is 15.2. The van der Waals surface area contributed by atoms with Crippen molar-refractivity contribution in [2.24, 2.45) is 5.73 Å². The Balaban J connectivity index is 1.48. The predicted molar refractivity (Wildman–Crippen MR) is 154 cm³/mol. The monoisotopic (exact) mass is 587 g/mol. The molecular weight excluding hydrogens is 542 g/mol. The average Bonchev–Trinajstić information content (AvgIpc) is 3.01. The number of benzene rings is 1. The van der Waals surface area contributed by atoms with Crippen LogP contribution < -0.4 is 16.4 Å². The van der Waals surface area contributed by atoms with Crippen LogP contribution in [0.15, 0.2) is 30.3 Å². The normalized spacial score (nSPS) is 17.4. The molecule has 0 radical (unpaired) electrons. The standard InChI is InChI=1S/C31H45N3O8/c32-25(16-18-27(35)41-23-12-6-2-7-13-23)30(38)34-26(17-19-28(36)42-24-14-8-3-9-15-24)31(39)33-20-29(37)40-21-22-10-4-1-5-11-22/h1,4-5,10-11,23-26H,2-3,6-9,12-21,32H2,(H,33,39)(H,34,38)/t25-,26-/m0/s1. The second-order valence-corrected chi connectivity index (χ2v) is 11.1. The van der Waals surface area contributed by atoms with E-state index < -0.39 is 48.4 Å². The molecule has 0 aromatic heterocycles. The van der Waals surface area contributed by atoms with Crippen LogP contribution in [-0.2, 0) is 44.8 Å². The largest absolute Gasteiger partial charge is 0.462 e. The lowest BCUT2D eigenvalue weighted by Crippen LogP contribution is -2.52. The quantitative estimate of drug-likeness (QED) is 0.207. The molecule has 11 nitrogen and oxygen atoms in total. The van der Waals surface area contributed by atoms with Gasteiger partial charge in [-0.2, -0.15) is 0 Å². The van der Waals surface area contributed by atoms with Crippen LogP contribution in [0.25, 0.3) is 0 Å². The first kappa shape index (κ1) is 33.0. The average molecular weight is 588 g/mol. The minimum absolute atomic E-state index is 0.0249. The van der Waals surface area contributed by atoms with Gasteiger partial charge in [0, 0.05) is 12.8 Å². The summed E-state index contributed by atoms with van der Waals surface area (Å²) in [6.07, 6.45) is 9.31. The van der Waals surface area contributed by atoms with Crippen molar-refractivity contribution in [2.75, 3.05) is 6.54 Å². The van der Waals surface area contributed by atoms with E-state index in [-0.39, 0.29) is 44.5 Å². The van der Waals surface area contributed by atoms with Crippen molar-refractivity contribution in [3.63, 3.8) is 0 Å². The van der Waals surface area contributed by atoms with Crippen LogP contribution in [0, 0.1) is 0 Å². The molecule has 2 aliphatic carbocycles. The molecule has 4 N–H and O–H groups in total. The summed E-state index contributed by atoms with van der Waals surface area (Å²) >= 11 is 0. The molecule has 2 amide bonds. The SMILES string of the molecule is N[C@@H](CCC(=O)OC1CCCCC1)C(=O)N[C@@H](CCC(=O)OC1CCCCC1)C(=O)NCC(=O)OCc1ccccc1. The smallest absolute Gasteiger partial charge is 0.325 e. The highest BCUT2D eigenvalue weighted by Crippen LogP contribution is 2.22. The summed E-state index contributed by atoms with van der Waals surface area (Å²) in [5, 5.41) is 5.04. The molecule has 2 aliphatic rings. The van der Waals surface area contributed by atoms with E-state index in [1.807, 2.05) is 30.3 Å². The highest BCUT2D eigenvalue weighted by molar-refractivity contribution is 5.91. The zero-order valence-corrected chi connectivity index (χ0v) is 24.4. The second kappa shape index (κ2) is 18.1. The lowest BCUT2D eigenvalue weighted by molar-refractivity contribution is -0.152. The van der Waals surface area contributed by atoms with Gasteiger partial charge in [0.2, 0.25) is 11.8 Å². The summed E-state index contributed by atoms with van der Waals surface area (Å²) in [4.78, 5) is 62.7. The van der Waals surface area contributed by atoms with Crippen LogP contribution in [0.1, 0.15) is 95.5 Å². The minimum Gasteiger partial charge on any atom is -0.462 e. The fourth-order valence-electron chi connectivity index (χ4n) is 5.14. The van der Waals surface area contributed by atoms with E-state index in [2.05, 4.69) is 10.6 Å². The van der Waals surface area contributed by atoms with Crippen molar-refractivity contribution >= 4 is 29.7 Å². The summed E-state index contributed by atoms with van der Waals surface area (Å²) in [7, 11) is 0. The molecule has 0 unspecified atom stereocenters. The van der Waals surface area contributed by atoms with Crippen LogP contribution in [0.5, 0.6) is 0 Å². The van der Waals surface area contributed by atoms with Crippen LogP contribution in [0.4, 0.5) is 0 Å². The summed E-state index contributed by atoms with van der Waals surface area (Å²) in [6, 6.07) is 6.90. The number of amides is 2. The molecular formula is C31H45N3O8. The Labute approximate surface area is 247 Å². The number of carbonyl (C=O) groups excluding carboxylic acids is 5. The number of esters is 3. The maximum atomic E-state index is 13.0. The summed E-state index contributed by atoms with van der Waals surface area (Å²) in [5.41, 5.74) is 6.83. The van der Waals surface area contributed by atoms with E-state index in [9.17, 15) is 24.0 Å². The van der Waals surface area contributed by atoms with E-state index in [1.165, 1.54) is 0 Å². The molecule has 0 bridgehead atoms. The van der Waals surface area contributed by atoms with Crippen molar-refractivity contribution in [3.8, 4) is 0 Å². The van der Waals surface area contributed by atoms with Crippen LogP contribution in [-0.4, -0.2) is 60.6 Å². The molecule has 0 spiro atoms. The number of carbonyl (C=O) groups is 5. The molecule has 2 saturated carbocycles. The van der Waals surface area contributed by atoms with E-state index in [4.69, 9.17) is 19.9 Å². The van der Waals surface area contributed by atoms with Gasteiger partial charge < -0.3 is 30.6 Å². The zero-order valence-electron chi connectivity index (χ0n) is 24.4. The third-order valence-electron chi connectivity index (χ3n) is 7.62. The van der Waals surface area contributed by atoms with Crippen molar-refractivity contribution < 1.29 is 38.2 Å². The summed E-state index contributed by atoms with van der Waals surface area (Å²) < 4.78 is 16.2. The zero-order chi connectivity index (χ0) is 30.2. The van der Waals surface area contributed by atoms with Crippen LogP contribution >= 0.6 is 0 Å². The maximum Gasteiger partial charge on any atom is 0.325 e. The molecule has 0 saturated heterocycles. The number of hydrogen-bond acceptors (Lipinski definition) is 9. The maximum absolute atomic E-state index is 13.0. The lowest BCUT2D eigenvalue weighted by Gasteiger charge is -2.23. The fourth-order valence-corrected chi connectivity index (χ4v) is 5.14. The molecule has 1 aromatic carbocycles. The summed E-state index contributed by atoms with van der Waals surface area (Å²) in [6.45, 7) is -0.357. The van der Waals surface area contributed by atoms with Crippen molar-refractivity contribution in [2.45, 2.75) is 121 Å². The first-order chi connectivity index (χ1) is 20.3. The molecule has 11 heteroatoms. The number of rotatable bonds is 15. The molecule has 1 aromatic rings. The Morgan fingerprint density at radius 2 is 1.29 bits per heavy atom. The number of nitrogens with one attached hydrogen (secondary N) is 2.